The fourth-order valence-corrected chi connectivity index (χ4v) is 1.56. The van der Waals surface area contributed by atoms with Gasteiger partial charge in [-0.05, 0) is 17.7 Å². The second-order valence-corrected chi connectivity index (χ2v) is 3.71. The van der Waals surface area contributed by atoms with Gasteiger partial charge in [0, 0.05) is 18.0 Å². The van der Waals surface area contributed by atoms with Gasteiger partial charge in [-0.2, -0.15) is 8.78 Å². The molecule has 2 aromatic rings. The zero-order chi connectivity index (χ0) is 11.7. The molecular weight excluding hydrogens is 259 g/mol. The van der Waals surface area contributed by atoms with E-state index in [-0.39, 0.29) is 10.3 Å². The van der Waals surface area contributed by atoms with E-state index in [0.717, 1.165) is 4.57 Å². The summed E-state index contributed by atoms with van der Waals surface area (Å²) in [7, 11) is 0. The maximum absolute atomic E-state index is 12.3. The number of alkyl halides is 2. The molecular formula is C9H5Cl2F2N3. The Morgan fingerprint density at radius 3 is 2.69 bits per heavy atom. The number of halogens is 4. The average molecular weight is 264 g/mol. The van der Waals surface area contributed by atoms with E-state index in [1.54, 1.807) is 0 Å². The lowest BCUT2D eigenvalue weighted by Gasteiger charge is -2.01. The Kier molecular flexibility index (Phi) is 3.07. The average Bonchev–Trinajstić information content (AvgIpc) is 2.70. The lowest BCUT2D eigenvalue weighted by atomic mass is 10.2. The van der Waals surface area contributed by atoms with Crippen LogP contribution in [0.25, 0.3) is 11.3 Å². The summed E-state index contributed by atoms with van der Waals surface area (Å²) >= 11 is 11.4. The zero-order valence-electron chi connectivity index (χ0n) is 7.74. The summed E-state index contributed by atoms with van der Waals surface area (Å²) in [6, 6.07) is 1.48. The molecule has 84 valence electrons. The van der Waals surface area contributed by atoms with Crippen molar-refractivity contribution in [2.24, 2.45) is 0 Å². The Labute approximate surface area is 99.6 Å². The molecule has 0 aliphatic carbocycles. The molecule has 0 saturated carbocycles. The molecule has 7 heteroatoms. The van der Waals surface area contributed by atoms with Gasteiger partial charge in [-0.15, -0.1) is 0 Å². The van der Waals surface area contributed by atoms with E-state index in [1.165, 1.54) is 24.7 Å². The van der Waals surface area contributed by atoms with Crippen LogP contribution < -0.4 is 0 Å². The molecule has 0 fully saturated rings. The quantitative estimate of drug-likeness (QED) is 0.775. The van der Waals surface area contributed by atoms with Crippen molar-refractivity contribution in [3.63, 3.8) is 0 Å². The van der Waals surface area contributed by atoms with Crippen LogP contribution in [-0.4, -0.2) is 14.5 Å². The van der Waals surface area contributed by atoms with Crippen molar-refractivity contribution >= 4 is 23.2 Å². The monoisotopic (exact) mass is 263 g/mol. The summed E-state index contributed by atoms with van der Waals surface area (Å²) in [6.45, 7) is -2.59. The van der Waals surface area contributed by atoms with E-state index >= 15 is 0 Å². The molecule has 0 aliphatic rings. The van der Waals surface area contributed by atoms with Gasteiger partial charge in [0.2, 0.25) is 5.28 Å². The van der Waals surface area contributed by atoms with Crippen molar-refractivity contribution in [3.8, 4) is 11.3 Å². The molecule has 2 rings (SSSR count). The molecule has 0 amide bonds. The maximum Gasteiger partial charge on any atom is 0.318 e. The van der Waals surface area contributed by atoms with Crippen LogP contribution >= 0.6 is 23.2 Å². The van der Waals surface area contributed by atoms with Gasteiger partial charge < -0.3 is 0 Å². The van der Waals surface area contributed by atoms with Gasteiger partial charge in [-0.25, -0.2) is 9.97 Å². The van der Waals surface area contributed by atoms with Crippen molar-refractivity contribution in [1.82, 2.24) is 14.5 Å². The number of hydrogen-bond donors (Lipinski definition) is 0. The normalized spacial score (nSPS) is 11.1. The van der Waals surface area contributed by atoms with Crippen LogP contribution in [0.1, 0.15) is 6.55 Å². The number of rotatable bonds is 2. The lowest BCUT2D eigenvalue weighted by Crippen LogP contribution is -1.92. The van der Waals surface area contributed by atoms with E-state index in [4.69, 9.17) is 23.2 Å². The molecule has 0 aromatic carbocycles. The van der Waals surface area contributed by atoms with E-state index in [2.05, 4.69) is 9.97 Å². The van der Waals surface area contributed by atoms with Crippen molar-refractivity contribution in [1.29, 1.82) is 0 Å². The molecule has 0 N–H and O–H groups in total. The number of aromatic nitrogens is 3. The summed E-state index contributed by atoms with van der Waals surface area (Å²) in [4.78, 5) is 7.55. The van der Waals surface area contributed by atoms with E-state index in [9.17, 15) is 8.78 Å². The van der Waals surface area contributed by atoms with Crippen LogP contribution in [0, 0.1) is 0 Å². The first-order valence-corrected chi connectivity index (χ1v) is 4.97. The third kappa shape index (κ3) is 2.15. The summed E-state index contributed by atoms with van der Waals surface area (Å²) in [5, 5.41) is 0.278. The van der Waals surface area contributed by atoms with Crippen molar-refractivity contribution in [3.05, 3.63) is 35.0 Å². The van der Waals surface area contributed by atoms with Crippen molar-refractivity contribution in [2.45, 2.75) is 6.55 Å². The molecule has 0 bridgehead atoms. The Morgan fingerprint density at radius 1 is 1.31 bits per heavy atom. The minimum absolute atomic E-state index is 0.0178. The second-order valence-electron chi connectivity index (χ2n) is 2.96. The van der Waals surface area contributed by atoms with Crippen molar-refractivity contribution in [2.75, 3.05) is 0 Å². The minimum atomic E-state index is -2.59. The Morgan fingerprint density at radius 2 is 2.06 bits per heavy atom. The second kappa shape index (κ2) is 4.35. The van der Waals surface area contributed by atoms with Gasteiger partial charge in [0.1, 0.15) is 0 Å². The first kappa shape index (κ1) is 11.3. The number of nitrogens with zero attached hydrogens (tertiary/aromatic N) is 3. The SMILES string of the molecule is FC(F)n1ccc(-c2nc(Cl)ncc2Cl)c1. The van der Waals surface area contributed by atoms with Crippen LogP contribution in [0.4, 0.5) is 8.78 Å². The smallest absolute Gasteiger partial charge is 0.298 e. The molecule has 0 saturated heterocycles. The first-order chi connectivity index (χ1) is 7.58. The first-order valence-electron chi connectivity index (χ1n) is 4.22. The molecule has 2 aromatic heterocycles. The highest BCUT2D eigenvalue weighted by Crippen LogP contribution is 2.27. The Hall–Kier alpha value is -1.20. The lowest BCUT2D eigenvalue weighted by molar-refractivity contribution is 0.0707. The van der Waals surface area contributed by atoms with Gasteiger partial charge in [0.15, 0.2) is 0 Å². The summed E-state index contributed by atoms with van der Waals surface area (Å²) in [6.07, 6.45) is 3.81. The standard InChI is InChI=1S/C9H5Cl2F2N3/c10-6-3-14-8(11)15-7(6)5-1-2-16(4-5)9(12)13/h1-4,9H. The van der Waals surface area contributed by atoms with Crippen molar-refractivity contribution < 1.29 is 8.78 Å². The fourth-order valence-electron chi connectivity index (χ4n) is 1.22. The predicted molar refractivity (Wildman–Crippen MR) is 56.7 cm³/mol. The largest absolute Gasteiger partial charge is 0.318 e. The van der Waals surface area contributed by atoms with Gasteiger partial charge in [-0.3, -0.25) is 4.57 Å². The van der Waals surface area contributed by atoms with Crippen LogP contribution in [0.3, 0.4) is 0 Å². The highest BCUT2D eigenvalue weighted by atomic mass is 35.5. The third-order valence-electron chi connectivity index (χ3n) is 1.93. The topological polar surface area (TPSA) is 30.7 Å². The molecule has 2 heterocycles. The van der Waals surface area contributed by atoms with Gasteiger partial charge in [0.25, 0.3) is 0 Å². The molecule has 16 heavy (non-hydrogen) atoms. The van der Waals surface area contributed by atoms with Gasteiger partial charge in [0.05, 0.1) is 16.9 Å². The molecule has 0 aliphatic heterocycles. The summed E-state index contributed by atoms with van der Waals surface area (Å²) < 4.78 is 25.4. The fraction of sp³-hybridized carbons (Fsp3) is 0.111. The highest BCUT2D eigenvalue weighted by molar-refractivity contribution is 6.33. The molecule has 0 unspecified atom stereocenters. The Bertz CT molecular complexity index is 513. The molecule has 0 spiro atoms. The maximum atomic E-state index is 12.3. The molecule has 3 nitrogen and oxygen atoms in total. The number of hydrogen-bond acceptors (Lipinski definition) is 2. The minimum Gasteiger partial charge on any atom is -0.298 e. The Balaban J connectivity index is 2.46. The van der Waals surface area contributed by atoms with Gasteiger partial charge >= 0.3 is 6.55 Å². The van der Waals surface area contributed by atoms with E-state index < -0.39 is 6.55 Å². The van der Waals surface area contributed by atoms with E-state index in [0.29, 0.717) is 11.3 Å². The molecule has 0 atom stereocenters. The van der Waals surface area contributed by atoms with Gasteiger partial charge in [-0.1, -0.05) is 11.6 Å². The van der Waals surface area contributed by atoms with Crippen LogP contribution in [0.15, 0.2) is 24.7 Å². The zero-order valence-corrected chi connectivity index (χ0v) is 9.25. The molecule has 0 radical (unpaired) electrons. The highest BCUT2D eigenvalue weighted by Gasteiger charge is 2.11. The third-order valence-corrected chi connectivity index (χ3v) is 2.39. The van der Waals surface area contributed by atoms with Crippen LogP contribution in [0.2, 0.25) is 10.3 Å². The van der Waals surface area contributed by atoms with Crippen LogP contribution in [-0.2, 0) is 0 Å². The predicted octanol–water partition coefficient (Wildman–Crippen LogP) is 3.65. The van der Waals surface area contributed by atoms with E-state index in [1.807, 2.05) is 0 Å². The summed E-state index contributed by atoms with van der Waals surface area (Å²) in [5.41, 5.74) is 0.802. The summed E-state index contributed by atoms with van der Waals surface area (Å²) in [5.74, 6) is 0. The van der Waals surface area contributed by atoms with Crippen LogP contribution in [0.5, 0.6) is 0 Å².